The molecule has 9 heteroatoms. The van der Waals surface area contributed by atoms with E-state index in [-0.39, 0.29) is 28.4 Å². The Morgan fingerprint density at radius 1 is 0.844 bits per heavy atom. The third-order valence-electron chi connectivity index (χ3n) is 9.74. The molecule has 45 heavy (non-hydrogen) atoms. The molecule has 5 aromatic rings. The number of phenols is 1. The Morgan fingerprint density at radius 3 is 2.00 bits per heavy atom. The highest BCUT2D eigenvalue weighted by atomic mass is 16.5. The number of ketones is 1. The maximum atomic E-state index is 14.2. The summed E-state index contributed by atoms with van der Waals surface area (Å²) in [5.41, 5.74) is 2.26. The van der Waals surface area contributed by atoms with Gasteiger partial charge in [0.1, 0.15) is 23.0 Å². The Hall–Kier alpha value is -4.79. The summed E-state index contributed by atoms with van der Waals surface area (Å²) in [6.07, 6.45) is 5.96. The van der Waals surface area contributed by atoms with Crippen molar-refractivity contribution in [2.45, 2.75) is 58.4 Å². The lowest BCUT2D eigenvalue weighted by Crippen LogP contribution is -2.20. The predicted molar refractivity (Wildman–Crippen MR) is 180 cm³/mol. The quantitative estimate of drug-likeness (QED) is 0.103. The standard InChI is InChI=1S/C36H36N2O7/c1-7-37-33-18-12-15(2)23(16(3)39)32-30-24(18)29-26(35(33)42)20(41)14-22(44-5)27(29)28-21(43-4)13-19(40)25(31(28)30)34(36(32)45-6)38-17-10-8-9-11-17/h12-14,17,23,37-38,42H,7-11H2,1-6H3. The van der Waals surface area contributed by atoms with Gasteiger partial charge in [-0.2, -0.15) is 0 Å². The summed E-state index contributed by atoms with van der Waals surface area (Å²) in [6.45, 7) is 5.82. The zero-order valence-electron chi connectivity index (χ0n) is 26.3. The average molecular weight is 609 g/mol. The Bertz CT molecular complexity index is 2220. The molecule has 5 aromatic carbocycles. The van der Waals surface area contributed by atoms with E-state index in [1.807, 2.05) is 19.9 Å². The van der Waals surface area contributed by atoms with Crippen LogP contribution in [0.3, 0.4) is 0 Å². The Labute approximate surface area is 259 Å². The fourth-order valence-electron chi connectivity index (χ4n) is 8.06. The van der Waals surface area contributed by atoms with Crippen LogP contribution in [0.25, 0.3) is 49.2 Å². The third kappa shape index (κ3) is 3.82. The molecule has 1 saturated carbocycles. The van der Waals surface area contributed by atoms with E-state index in [1.54, 1.807) is 14.0 Å². The summed E-state index contributed by atoms with van der Waals surface area (Å²) in [6, 6.07) is 2.97. The zero-order chi connectivity index (χ0) is 31.9. The van der Waals surface area contributed by atoms with Gasteiger partial charge in [-0.05, 0) is 39.0 Å². The summed E-state index contributed by atoms with van der Waals surface area (Å²) in [4.78, 5) is 41.7. The number of carbonyl (C=O) groups is 1. The van der Waals surface area contributed by atoms with Crippen molar-refractivity contribution in [2.24, 2.45) is 0 Å². The minimum atomic E-state index is -0.726. The number of fused-ring (bicyclic) bond motifs is 1. The summed E-state index contributed by atoms with van der Waals surface area (Å²) >= 11 is 0. The number of hydrogen-bond donors (Lipinski definition) is 3. The first kappa shape index (κ1) is 29.0. The fourth-order valence-corrected chi connectivity index (χ4v) is 8.06. The molecule has 1 unspecified atom stereocenters. The van der Waals surface area contributed by atoms with E-state index in [2.05, 4.69) is 10.6 Å². The second kappa shape index (κ2) is 10.4. The van der Waals surface area contributed by atoms with E-state index in [0.717, 1.165) is 31.3 Å². The van der Waals surface area contributed by atoms with Crippen LogP contribution in [0, 0.1) is 0 Å². The van der Waals surface area contributed by atoms with Crippen molar-refractivity contribution < 1.29 is 24.1 Å². The van der Waals surface area contributed by atoms with Gasteiger partial charge in [0, 0.05) is 62.8 Å². The molecule has 0 aromatic heterocycles. The summed E-state index contributed by atoms with van der Waals surface area (Å²) in [7, 11) is 4.55. The minimum Gasteiger partial charge on any atom is -0.505 e. The van der Waals surface area contributed by atoms with Gasteiger partial charge in [-0.15, -0.1) is 0 Å². The number of Topliss-reactive ketones (excluding diaryl/α,β-unsaturated/α-hetero) is 1. The number of ether oxygens (including phenoxy) is 3. The second-order valence-corrected chi connectivity index (χ2v) is 12.2. The van der Waals surface area contributed by atoms with E-state index in [9.17, 15) is 19.5 Å². The molecule has 0 radical (unpaired) electrons. The summed E-state index contributed by atoms with van der Waals surface area (Å²) in [5, 5.41) is 22.7. The molecule has 232 valence electrons. The SMILES string of the molecule is CCNc1c(O)c2c(=O)cc(OC)c3c4c(OC)cc(=O)c5c(NC6CCCC6)c(OC)c6c(c(c1C=C(C)C6C(C)=O)c23)c54. The van der Waals surface area contributed by atoms with Gasteiger partial charge in [-0.25, -0.2) is 0 Å². The van der Waals surface area contributed by atoms with Gasteiger partial charge in [0.25, 0.3) is 0 Å². The van der Waals surface area contributed by atoms with Gasteiger partial charge < -0.3 is 30.0 Å². The fraction of sp³-hybridized carbons (Fsp3) is 0.361. The number of benzene rings is 5. The van der Waals surface area contributed by atoms with Crippen molar-refractivity contribution in [3.05, 3.63) is 49.3 Å². The number of phenolic OH excluding ortho intramolecular Hbond substituents is 1. The number of nitrogens with one attached hydrogen (secondary N) is 2. The topological polar surface area (TPSA) is 123 Å². The van der Waals surface area contributed by atoms with Gasteiger partial charge in [-0.3, -0.25) is 14.4 Å². The molecule has 7 rings (SSSR count). The highest BCUT2D eigenvalue weighted by Gasteiger charge is 2.37. The number of allylic oxidation sites excluding steroid dienone is 1. The number of carbonyl (C=O) groups excluding carboxylic acids is 1. The first-order valence-electron chi connectivity index (χ1n) is 15.4. The number of aromatic hydroxyl groups is 1. The van der Waals surface area contributed by atoms with E-state index in [4.69, 9.17) is 14.2 Å². The zero-order valence-corrected chi connectivity index (χ0v) is 26.3. The molecule has 2 aliphatic rings. The molecular formula is C36H36N2O7. The molecule has 3 N–H and O–H groups in total. The molecule has 0 bridgehead atoms. The van der Waals surface area contributed by atoms with Gasteiger partial charge in [0.2, 0.25) is 0 Å². The lowest BCUT2D eigenvalue weighted by molar-refractivity contribution is -0.117. The minimum absolute atomic E-state index is 0.101. The molecule has 1 fully saturated rings. The smallest absolute Gasteiger partial charge is 0.194 e. The van der Waals surface area contributed by atoms with E-state index in [0.29, 0.717) is 84.0 Å². The van der Waals surface area contributed by atoms with Crippen LogP contribution >= 0.6 is 0 Å². The van der Waals surface area contributed by atoms with Gasteiger partial charge in [0.05, 0.1) is 49.4 Å². The van der Waals surface area contributed by atoms with Crippen LogP contribution in [-0.2, 0) is 4.79 Å². The maximum Gasteiger partial charge on any atom is 0.194 e. The van der Waals surface area contributed by atoms with Crippen molar-refractivity contribution in [1.29, 1.82) is 0 Å². The van der Waals surface area contributed by atoms with Crippen molar-refractivity contribution in [3.8, 4) is 23.0 Å². The summed E-state index contributed by atoms with van der Waals surface area (Å²) < 4.78 is 17.9. The van der Waals surface area contributed by atoms with Crippen LogP contribution in [0.4, 0.5) is 11.4 Å². The third-order valence-corrected chi connectivity index (χ3v) is 9.74. The van der Waals surface area contributed by atoms with Crippen LogP contribution in [0.15, 0.2) is 27.3 Å². The van der Waals surface area contributed by atoms with E-state index < -0.39 is 11.3 Å². The monoisotopic (exact) mass is 608 g/mol. The second-order valence-electron chi connectivity index (χ2n) is 12.2. The number of anilines is 2. The lowest BCUT2D eigenvalue weighted by atomic mass is 9.80. The molecule has 9 nitrogen and oxygen atoms in total. The highest BCUT2D eigenvalue weighted by molar-refractivity contribution is 6.40. The van der Waals surface area contributed by atoms with Gasteiger partial charge in [0.15, 0.2) is 16.6 Å². The van der Waals surface area contributed by atoms with E-state index >= 15 is 0 Å². The molecule has 0 amide bonds. The first-order chi connectivity index (χ1) is 21.7. The van der Waals surface area contributed by atoms with Crippen molar-refractivity contribution in [3.63, 3.8) is 0 Å². The average Bonchev–Trinajstić information content (AvgIpc) is 3.48. The first-order valence-corrected chi connectivity index (χ1v) is 15.4. The Morgan fingerprint density at radius 2 is 1.44 bits per heavy atom. The Balaban J connectivity index is 1.92. The van der Waals surface area contributed by atoms with Crippen LogP contribution < -0.4 is 35.7 Å². The number of methoxy groups -OCH3 is 3. The largest absolute Gasteiger partial charge is 0.505 e. The number of hydrogen-bond acceptors (Lipinski definition) is 9. The molecule has 0 saturated heterocycles. The molecular weight excluding hydrogens is 572 g/mol. The highest BCUT2D eigenvalue weighted by Crippen LogP contribution is 2.58. The molecule has 1 atom stereocenters. The van der Waals surface area contributed by atoms with Crippen LogP contribution in [0.5, 0.6) is 23.0 Å². The number of rotatable bonds is 8. The van der Waals surface area contributed by atoms with Crippen molar-refractivity contribution in [2.75, 3.05) is 38.5 Å². The Kier molecular flexibility index (Phi) is 6.69. The molecule has 0 aliphatic heterocycles. The maximum absolute atomic E-state index is 14.2. The molecule has 2 aliphatic carbocycles. The van der Waals surface area contributed by atoms with Gasteiger partial charge in [-0.1, -0.05) is 24.5 Å². The normalized spacial score (nSPS) is 16.6. The predicted octanol–water partition coefficient (Wildman–Crippen LogP) is 6.50. The van der Waals surface area contributed by atoms with Crippen LogP contribution in [0.1, 0.15) is 63.5 Å². The molecule has 0 heterocycles. The van der Waals surface area contributed by atoms with Gasteiger partial charge >= 0.3 is 0 Å². The lowest BCUT2D eigenvalue weighted by Gasteiger charge is -2.28. The van der Waals surface area contributed by atoms with Crippen molar-refractivity contribution in [1.82, 2.24) is 0 Å². The van der Waals surface area contributed by atoms with Crippen LogP contribution in [-0.4, -0.2) is 44.8 Å². The van der Waals surface area contributed by atoms with Crippen LogP contribution in [0.2, 0.25) is 0 Å². The van der Waals surface area contributed by atoms with E-state index in [1.165, 1.54) is 26.4 Å². The summed E-state index contributed by atoms with van der Waals surface area (Å²) in [5.74, 6) is 0.0204. The van der Waals surface area contributed by atoms with Crippen molar-refractivity contribution >= 4 is 66.3 Å². The molecule has 0 spiro atoms.